The first-order valence-electron chi connectivity index (χ1n) is 8.04. The first-order chi connectivity index (χ1) is 11.0. The fraction of sp³-hybridized carbons (Fsp3) is 0.588. The number of nitrogens with one attached hydrogen (secondary N) is 1. The number of ether oxygens (including phenoxy) is 1. The molecule has 1 amide bonds. The SMILES string of the molecule is CN1CCOC(C(=O)NCC2(c3c(F)cccc3F)CCC2)C1. The van der Waals surface area contributed by atoms with Gasteiger partial charge in [0.05, 0.1) is 6.61 Å². The van der Waals surface area contributed by atoms with E-state index in [9.17, 15) is 13.6 Å². The van der Waals surface area contributed by atoms with Gasteiger partial charge in [-0.15, -0.1) is 0 Å². The summed E-state index contributed by atoms with van der Waals surface area (Å²) in [5.41, 5.74) is -0.528. The van der Waals surface area contributed by atoms with Crippen molar-refractivity contribution in [1.82, 2.24) is 10.2 Å². The third kappa shape index (κ3) is 3.23. The van der Waals surface area contributed by atoms with E-state index in [1.165, 1.54) is 18.2 Å². The molecule has 3 rings (SSSR count). The molecule has 2 aliphatic rings. The molecule has 23 heavy (non-hydrogen) atoms. The van der Waals surface area contributed by atoms with Crippen LogP contribution in [0.15, 0.2) is 18.2 Å². The minimum absolute atomic E-state index is 0.105. The number of halogens is 2. The number of likely N-dealkylation sites (N-methyl/N-ethyl adjacent to an activating group) is 1. The second-order valence-corrected chi connectivity index (χ2v) is 6.57. The fourth-order valence-corrected chi connectivity index (χ4v) is 3.43. The van der Waals surface area contributed by atoms with Gasteiger partial charge in [0.15, 0.2) is 0 Å². The van der Waals surface area contributed by atoms with Gasteiger partial charge in [0.1, 0.15) is 17.7 Å². The number of hydrogen-bond acceptors (Lipinski definition) is 3. The average Bonchev–Trinajstić information content (AvgIpc) is 2.48. The predicted octanol–water partition coefficient (Wildman–Crippen LogP) is 1.83. The highest BCUT2D eigenvalue weighted by Gasteiger charge is 2.43. The van der Waals surface area contributed by atoms with Gasteiger partial charge in [-0.25, -0.2) is 8.78 Å². The van der Waals surface area contributed by atoms with Gasteiger partial charge in [-0.3, -0.25) is 4.79 Å². The number of amides is 1. The number of hydrogen-bond donors (Lipinski definition) is 1. The van der Waals surface area contributed by atoms with Crippen LogP contribution in [-0.2, 0) is 14.9 Å². The molecule has 6 heteroatoms. The standard InChI is InChI=1S/C17H22F2N2O2/c1-21-8-9-23-14(10-21)16(22)20-11-17(6-3-7-17)15-12(18)4-2-5-13(15)19/h2,4-5,14H,3,6-11H2,1H3,(H,20,22). The monoisotopic (exact) mass is 324 g/mol. The summed E-state index contributed by atoms with van der Waals surface area (Å²) in [5.74, 6) is -1.28. The van der Waals surface area contributed by atoms with Crippen LogP contribution < -0.4 is 5.32 Å². The highest BCUT2D eigenvalue weighted by Crippen LogP contribution is 2.45. The smallest absolute Gasteiger partial charge is 0.250 e. The van der Waals surface area contributed by atoms with Crippen LogP contribution in [0.5, 0.6) is 0 Å². The molecule has 1 aliphatic heterocycles. The van der Waals surface area contributed by atoms with Gasteiger partial charge in [0.25, 0.3) is 5.91 Å². The Labute approximate surface area is 134 Å². The second kappa shape index (κ2) is 6.53. The molecule has 1 unspecified atom stereocenters. The molecule has 1 saturated carbocycles. The molecule has 2 fully saturated rings. The lowest BCUT2D eigenvalue weighted by Gasteiger charge is -2.43. The maximum absolute atomic E-state index is 14.1. The fourth-order valence-electron chi connectivity index (χ4n) is 3.43. The van der Waals surface area contributed by atoms with Crippen molar-refractivity contribution in [3.8, 4) is 0 Å². The highest BCUT2D eigenvalue weighted by molar-refractivity contribution is 5.81. The van der Waals surface area contributed by atoms with E-state index in [0.29, 0.717) is 26.0 Å². The van der Waals surface area contributed by atoms with Gasteiger partial charge in [0, 0.05) is 30.6 Å². The molecule has 0 spiro atoms. The van der Waals surface area contributed by atoms with Crippen LogP contribution in [0.4, 0.5) is 8.78 Å². The first-order valence-corrected chi connectivity index (χ1v) is 8.04. The van der Waals surface area contributed by atoms with Crippen molar-refractivity contribution >= 4 is 5.91 Å². The molecule has 4 nitrogen and oxygen atoms in total. The summed E-state index contributed by atoms with van der Waals surface area (Å²) in [4.78, 5) is 14.3. The molecule has 1 atom stereocenters. The van der Waals surface area contributed by atoms with Crippen LogP contribution >= 0.6 is 0 Å². The van der Waals surface area contributed by atoms with Crippen molar-refractivity contribution in [1.29, 1.82) is 0 Å². The number of nitrogens with zero attached hydrogens (tertiary/aromatic N) is 1. The van der Waals surface area contributed by atoms with Gasteiger partial charge >= 0.3 is 0 Å². The Hall–Kier alpha value is -1.53. The zero-order valence-electron chi connectivity index (χ0n) is 13.3. The maximum Gasteiger partial charge on any atom is 0.250 e. The molecular formula is C17H22F2N2O2. The molecule has 1 aromatic rings. The summed E-state index contributed by atoms with van der Waals surface area (Å²) in [5, 5.41) is 2.84. The normalized spacial score (nSPS) is 24.0. The van der Waals surface area contributed by atoms with Crippen molar-refractivity contribution in [2.45, 2.75) is 30.8 Å². The molecule has 1 saturated heterocycles. The molecule has 0 radical (unpaired) electrons. The molecule has 1 heterocycles. The summed E-state index contributed by atoms with van der Waals surface area (Å²) >= 11 is 0. The van der Waals surface area contributed by atoms with E-state index in [4.69, 9.17) is 4.74 Å². The Balaban J connectivity index is 1.69. The van der Waals surface area contributed by atoms with Crippen molar-refractivity contribution < 1.29 is 18.3 Å². The molecule has 1 N–H and O–H groups in total. The molecule has 1 aromatic carbocycles. The van der Waals surface area contributed by atoms with Crippen LogP contribution in [0.25, 0.3) is 0 Å². The zero-order chi connectivity index (χ0) is 16.4. The van der Waals surface area contributed by atoms with Gasteiger partial charge in [-0.2, -0.15) is 0 Å². The third-order valence-electron chi connectivity index (χ3n) is 4.97. The summed E-state index contributed by atoms with van der Waals surface area (Å²) < 4.78 is 33.7. The van der Waals surface area contributed by atoms with E-state index in [1.54, 1.807) is 0 Å². The Bertz CT molecular complexity index is 570. The number of morpholine rings is 1. The molecule has 1 aliphatic carbocycles. The van der Waals surface area contributed by atoms with Crippen LogP contribution in [0.3, 0.4) is 0 Å². The Kier molecular flexibility index (Phi) is 4.64. The van der Waals surface area contributed by atoms with Gasteiger partial charge in [0.2, 0.25) is 0 Å². The second-order valence-electron chi connectivity index (χ2n) is 6.57. The predicted molar refractivity (Wildman–Crippen MR) is 82.1 cm³/mol. The molecular weight excluding hydrogens is 302 g/mol. The van der Waals surface area contributed by atoms with Gasteiger partial charge in [-0.1, -0.05) is 12.5 Å². The summed E-state index contributed by atoms with van der Waals surface area (Å²) in [6.45, 7) is 2.09. The van der Waals surface area contributed by atoms with E-state index in [2.05, 4.69) is 5.32 Å². The van der Waals surface area contributed by atoms with E-state index >= 15 is 0 Å². The molecule has 0 bridgehead atoms. The van der Waals surface area contributed by atoms with Crippen molar-refractivity contribution in [3.05, 3.63) is 35.4 Å². The topological polar surface area (TPSA) is 41.6 Å². The Morgan fingerprint density at radius 1 is 1.39 bits per heavy atom. The minimum Gasteiger partial charge on any atom is -0.366 e. The van der Waals surface area contributed by atoms with E-state index in [-0.39, 0.29) is 18.0 Å². The Morgan fingerprint density at radius 3 is 2.65 bits per heavy atom. The minimum atomic E-state index is -0.633. The largest absolute Gasteiger partial charge is 0.366 e. The van der Waals surface area contributed by atoms with Crippen molar-refractivity contribution in [2.24, 2.45) is 0 Å². The van der Waals surface area contributed by atoms with Gasteiger partial charge < -0.3 is 15.0 Å². The highest BCUT2D eigenvalue weighted by atomic mass is 19.1. The van der Waals surface area contributed by atoms with E-state index < -0.39 is 23.2 Å². The number of rotatable bonds is 4. The Morgan fingerprint density at radius 2 is 2.09 bits per heavy atom. The third-order valence-corrected chi connectivity index (χ3v) is 4.97. The van der Waals surface area contributed by atoms with Crippen LogP contribution in [0, 0.1) is 11.6 Å². The number of carbonyl (C=O) groups excluding carboxylic acids is 1. The average molecular weight is 324 g/mol. The summed E-state index contributed by atoms with van der Waals surface area (Å²) in [7, 11) is 1.94. The maximum atomic E-state index is 14.1. The summed E-state index contributed by atoms with van der Waals surface area (Å²) in [6.07, 6.45) is 1.75. The van der Waals surface area contributed by atoms with Crippen molar-refractivity contribution in [3.63, 3.8) is 0 Å². The lowest BCUT2D eigenvalue weighted by molar-refractivity contribution is -0.138. The number of carbonyl (C=O) groups is 1. The van der Waals surface area contributed by atoms with Crippen LogP contribution in [0.2, 0.25) is 0 Å². The molecule has 126 valence electrons. The van der Waals surface area contributed by atoms with Crippen LogP contribution in [0.1, 0.15) is 24.8 Å². The lowest BCUT2D eigenvalue weighted by atomic mass is 9.64. The van der Waals surface area contributed by atoms with E-state index in [0.717, 1.165) is 13.0 Å². The van der Waals surface area contributed by atoms with Crippen LogP contribution in [-0.4, -0.2) is 50.2 Å². The first kappa shape index (κ1) is 16.3. The van der Waals surface area contributed by atoms with Gasteiger partial charge in [-0.05, 0) is 32.0 Å². The quantitative estimate of drug-likeness (QED) is 0.919. The van der Waals surface area contributed by atoms with E-state index in [1.807, 2.05) is 11.9 Å². The number of benzene rings is 1. The zero-order valence-corrected chi connectivity index (χ0v) is 13.3. The van der Waals surface area contributed by atoms with Crippen molar-refractivity contribution in [2.75, 3.05) is 33.3 Å². The lowest BCUT2D eigenvalue weighted by Crippen LogP contribution is -2.52. The molecule has 0 aromatic heterocycles. The summed E-state index contributed by atoms with van der Waals surface area (Å²) in [6, 6.07) is 3.92.